The molecule has 4 saturated carbocycles. The van der Waals surface area contributed by atoms with E-state index in [4.69, 9.17) is 48.4 Å². The third kappa shape index (κ3) is 14.2. The molecule has 0 saturated heterocycles. The summed E-state index contributed by atoms with van der Waals surface area (Å²) in [5.41, 5.74) is 11.7. The molecule has 4 heterocycles. The van der Waals surface area contributed by atoms with E-state index in [1.54, 1.807) is 0 Å². The Morgan fingerprint density at radius 2 is 0.420 bits per heavy atom. The molecule has 8 aromatic rings. The summed E-state index contributed by atoms with van der Waals surface area (Å²) in [7, 11) is 20.1. The maximum Gasteiger partial charge on any atom is 0.174 e. The van der Waals surface area contributed by atoms with Gasteiger partial charge in [0.1, 0.15) is 0 Å². The van der Waals surface area contributed by atoms with Crippen LogP contribution in [0.4, 0.5) is 0 Å². The molecule has 4 nitrogen and oxygen atoms in total. The summed E-state index contributed by atoms with van der Waals surface area (Å²) in [4.78, 5) is 0. The summed E-state index contributed by atoms with van der Waals surface area (Å²) in [6.45, 7) is 28.3. The second kappa shape index (κ2) is 30.6. The van der Waals surface area contributed by atoms with E-state index in [0.29, 0.717) is 70.0 Å². The minimum absolute atomic E-state index is 0.450. The summed E-state index contributed by atoms with van der Waals surface area (Å²) >= 11 is 0. The summed E-state index contributed by atoms with van der Waals surface area (Å²) < 4.78 is 26.8. The molecule has 8 aromatic carbocycles. The van der Waals surface area contributed by atoms with Crippen LogP contribution in [0.1, 0.15) is 160 Å². The van der Waals surface area contributed by atoms with Crippen molar-refractivity contribution in [2.75, 3.05) is 0 Å². The van der Waals surface area contributed by atoms with Crippen LogP contribution >= 0.6 is 29.5 Å². The van der Waals surface area contributed by atoms with Crippen molar-refractivity contribution in [2.45, 2.75) is 183 Å². The van der Waals surface area contributed by atoms with Gasteiger partial charge in [-0.05, 0) is 200 Å². The molecule has 516 valence electrons. The Kier molecular flexibility index (Phi) is 22.4. The molecule has 4 aliphatic heterocycles. The van der Waals surface area contributed by atoms with Gasteiger partial charge in [0.15, 0.2) is 23.0 Å². The van der Waals surface area contributed by atoms with Crippen molar-refractivity contribution in [3.05, 3.63) is 194 Å². The Hall–Kier alpha value is -5.06. The van der Waals surface area contributed by atoms with Crippen LogP contribution in [0.3, 0.4) is 0 Å². The Morgan fingerprint density at radius 1 is 0.250 bits per heavy atom. The molecule has 12 radical (unpaired) electrons. The van der Waals surface area contributed by atoms with Gasteiger partial charge in [-0.1, -0.05) is 254 Å². The number of benzene rings is 8. The van der Waals surface area contributed by atoms with E-state index >= 15 is 0 Å². The van der Waals surface area contributed by atoms with E-state index < -0.39 is 29.5 Å². The largest absolute Gasteiger partial charge is 0.400 e. The fraction of sp³-hybridized carbons (Fsp3) is 0.455. The van der Waals surface area contributed by atoms with Crippen LogP contribution in [0.25, 0.3) is 44.5 Å². The molecule has 100 heavy (non-hydrogen) atoms. The SMILES string of the molecule is [B-][P+]1([C@@H]2C[C@H](C)CC[C@H]2C(C)C)Oc2ccccc2-c2ccccc21.[B-][P+]1([C@@H]2C[C@H](C)CC[C@H]2C(C)C)Oc2ccccc2-c2ccccc21.[B-][P+]1([C@@H]2C[C@H](C)CC[C@H]2C(C)C)Oc2ccccc2-c2ccccc21.[B-][P+]1([C@@H]2C[C@H](C)CC[C@H]2C(C)C)Oc2ccccc2-c2ccccc21. The molecular formula is C88H108B4O4P4. The van der Waals surface area contributed by atoms with Gasteiger partial charge in [0.05, 0.1) is 43.9 Å². The molecular weight excluding hydrogens is 1290 g/mol. The number of rotatable bonds is 8. The van der Waals surface area contributed by atoms with Gasteiger partial charge in [-0.2, -0.15) is 0 Å². The second-order valence-corrected chi connectivity index (χ2v) is 43.8. The first-order chi connectivity index (χ1) is 48.0. The number of fused-ring (bicyclic) bond motifs is 12. The van der Waals surface area contributed by atoms with Crippen LogP contribution in [0.2, 0.25) is 0 Å². The lowest BCUT2D eigenvalue weighted by atomic mass is 9.77. The van der Waals surface area contributed by atoms with Crippen LogP contribution < -0.4 is 39.3 Å². The van der Waals surface area contributed by atoms with E-state index in [-0.39, 0.29) is 0 Å². The number of hydrogen-bond acceptors (Lipinski definition) is 4. The van der Waals surface area contributed by atoms with Gasteiger partial charge in [0, 0.05) is 44.5 Å². The maximum absolute atomic E-state index is 7.24. The first-order valence-corrected chi connectivity index (χ1v) is 45.6. The average Bonchev–Trinajstić information content (AvgIpc) is 0.753. The lowest BCUT2D eigenvalue weighted by Gasteiger charge is -2.51. The normalized spacial score (nSPS) is 31.2. The molecule has 16 atom stereocenters. The van der Waals surface area contributed by atoms with Crippen molar-refractivity contribution in [1.29, 1.82) is 0 Å². The fourth-order valence-corrected chi connectivity index (χ4v) is 34.1. The molecule has 0 bridgehead atoms. The van der Waals surface area contributed by atoms with Crippen LogP contribution in [-0.2, 0) is 0 Å². The van der Waals surface area contributed by atoms with E-state index in [2.05, 4.69) is 277 Å². The molecule has 12 heteroatoms. The van der Waals surface area contributed by atoms with Crippen molar-refractivity contribution >= 4 is 81.0 Å². The Balaban J connectivity index is 0.000000119. The molecule has 0 amide bonds. The van der Waals surface area contributed by atoms with E-state index in [0.717, 1.165) is 46.7 Å². The van der Waals surface area contributed by atoms with Crippen LogP contribution in [0, 0.1) is 71.0 Å². The van der Waals surface area contributed by atoms with Crippen molar-refractivity contribution in [3.63, 3.8) is 0 Å². The number of hydrogen-bond donors (Lipinski definition) is 0. The van der Waals surface area contributed by atoms with Gasteiger partial charge in [-0.3, -0.25) is 0 Å². The molecule has 0 spiro atoms. The zero-order chi connectivity index (χ0) is 70.4. The lowest BCUT2D eigenvalue weighted by molar-refractivity contribution is 0.236. The topological polar surface area (TPSA) is 36.9 Å². The van der Waals surface area contributed by atoms with Crippen molar-refractivity contribution in [1.82, 2.24) is 0 Å². The predicted octanol–water partition coefficient (Wildman–Crippen LogP) is 23.4. The highest BCUT2D eigenvalue weighted by Crippen LogP contribution is 2.73. The second-order valence-electron chi connectivity index (χ2n) is 32.8. The standard InChI is InChI=1S/4C22H27BOP/c4*1-15(2)17-13-12-16(3)14-22(17)25(23)21-11-7-5-9-19(21)18-8-4-6-10-20(18)24-25/h4*4-11,15-17,22H,12-14H2,1-3H3/t4*16-,17+,22-,25?/m1111/s1. The molecule has 4 fully saturated rings. The summed E-state index contributed by atoms with van der Waals surface area (Å²) in [6, 6.07) is 68.2. The van der Waals surface area contributed by atoms with Gasteiger partial charge in [0.2, 0.25) is 0 Å². The lowest BCUT2D eigenvalue weighted by Crippen LogP contribution is -2.41. The van der Waals surface area contributed by atoms with Crippen molar-refractivity contribution < 1.29 is 18.1 Å². The first-order valence-electron chi connectivity index (χ1n) is 38.3. The Morgan fingerprint density at radius 3 is 0.610 bits per heavy atom. The highest BCUT2D eigenvalue weighted by atomic mass is 31.2. The minimum Gasteiger partial charge on any atom is -0.400 e. The minimum atomic E-state index is -2.21. The number of para-hydroxylation sites is 4. The predicted molar refractivity (Wildman–Crippen MR) is 440 cm³/mol. The quantitative estimate of drug-likeness (QED) is 0.112. The molecule has 0 N–H and O–H groups in total. The molecule has 0 aromatic heterocycles. The first kappa shape index (κ1) is 73.3. The highest BCUT2D eigenvalue weighted by molar-refractivity contribution is 8.01. The average molecular weight is 1400 g/mol. The van der Waals surface area contributed by atoms with Crippen molar-refractivity contribution in [3.8, 4) is 67.5 Å². The summed E-state index contributed by atoms with van der Waals surface area (Å²) in [5, 5.41) is 5.05. The maximum atomic E-state index is 7.24. The van der Waals surface area contributed by atoms with Gasteiger partial charge in [-0.25, -0.2) is 30.3 Å². The third-order valence-corrected chi connectivity index (χ3v) is 37.6. The van der Waals surface area contributed by atoms with Gasteiger partial charge in [0.25, 0.3) is 0 Å². The van der Waals surface area contributed by atoms with E-state index in [1.807, 2.05) is 0 Å². The Bertz CT molecular complexity index is 3620. The van der Waals surface area contributed by atoms with Gasteiger partial charge in [-0.15, -0.1) is 0 Å². The Labute approximate surface area is 610 Å². The monoisotopic (exact) mass is 1400 g/mol. The van der Waals surface area contributed by atoms with Crippen LogP contribution in [0.5, 0.6) is 23.0 Å². The molecule has 4 unspecified atom stereocenters. The van der Waals surface area contributed by atoms with Gasteiger partial charge >= 0.3 is 0 Å². The smallest absolute Gasteiger partial charge is 0.174 e. The van der Waals surface area contributed by atoms with E-state index in [9.17, 15) is 0 Å². The molecule has 4 aliphatic carbocycles. The highest BCUT2D eigenvalue weighted by Gasteiger charge is 2.52. The summed E-state index contributed by atoms with van der Waals surface area (Å²) in [5.74, 6) is 12.0. The molecule has 8 aliphatic rings. The molecule has 16 rings (SSSR count). The van der Waals surface area contributed by atoms with Gasteiger partial charge < -0.3 is 18.1 Å². The van der Waals surface area contributed by atoms with Crippen molar-refractivity contribution in [2.24, 2.45) is 71.0 Å². The fourth-order valence-electron chi connectivity index (χ4n) is 19.3. The third-order valence-electron chi connectivity index (χ3n) is 24.7. The van der Waals surface area contributed by atoms with Crippen LogP contribution in [-0.4, -0.2) is 52.9 Å². The van der Waals surface area contributed by atoms with Crippen LogP contribution in [0.15, 0.2) is 194 Å². The zero-order valence-corrected chi connectivity index (χ0v) is 65.5. The van der Waals surface area contributed by atoms with E-state index in [1.165, 1.54) is 143 Å². The zero-order valence-electron chi connectivity index (χ0n) is 61.9. The summed E-state index contributed by atoms with van der Waals surface area (Å²) in [6.07, 6.45) is 15.1.